The Morgan fingerprint density at radius 3 is 2.71 bits per heavy atom. The Labute approximate surface area is 130 Å². The van der Waals surface area contributed by atoms with Crippen LogP contribution in [0.3, 0.4) is 0 Å². The number of nitrogens with one attached hydrogen (secondary N) is 1. The van der Waals surface area contributed by atoms with Gasteiger partial charge in [-0.2, -0.15) is 11.8 Å². The molecule has 2 atom stereocenters. The van der Waals surface area contributed by atoms with Crippen LogP contribution < -0.4 is 4.72 Å². The highest BCUT2D eigenvalue weighted by molar-refractivity contribution is 7.99. The van der Waals surface area contributed by atoms with Crippen LogP contribution in [0.4, 0.5) is 0 Å². The van der Waals surface area contributed by atoms with Crippen LogP contribution in [0.1, 0.15) is 43.8 Å². The molecule has 0 radical (unpaired) electrons. The van der Waals surface area contributed by atoms with Gasteiger partial charge < -0.3 is 9.67 Å². The van der Waals surface area contributed by atoms with Crippen LogP contribution in [0.5, 0.6) is 0 Å². The summed E-state index contributed by atoms with van der Waals surface area (Å²) in [4.78, 5) is 0.283. The van der Waals surface area contributed by atoms with Crippen LogP contribution in [-0.4, -0.2) is 35.6 Å². The molecule has 0 bridgehead atoms. The maximum absolute atomic E-state index is 12.5. The second-order valence-corrected chi connectivity index (χ2v) is 8.80. The zero-order valence-corrected chi connectivity index (χ0v) is 13.8. The van der Waals surface area contributed by atoms with Crippen LogP contribution in [0.15, 0.2) is 17.2 Å². The first-order valence-corrected chi connectivity index (χ1v) is 10.2. The summed E-state index contributed by atoms with van der Waals surface area (Å²) < 4.78 is 29.7. The van der Waals surface area contributed by atoms with Gasteiger partial charge in [-0.1, -0.05) is 0 Å². The minimum Gasteiger partial charge on any atom is -0.390 e. The summed E-state index contributed by atoms with van der Waals surface area (Å²) in [6.45, 7) is -0.121. The number of nitrogens with zero attached hydrogens (tertiary/aromatic N) is 1. The van der Waals surface area contributed by atoms with Crippen molar-refractivity contribution in [2.45, 2.75) is 60.9 Å². The third-order valence-electron chi connectivity index (χ3n) is 4.36. The topological polar surface area (TPSA) is 71.3 Å². The molecule has 2 fully saturated rings. The van der Waals surface area contributed by atoms with Crippen LogP contribution >= 0.6 is 11.8 Å². The molecular formula is C14H22N2O3S2. The van der Waals surface area contributed by atoms with Crippen LogP contribution in [0.2, 0.25) is 0 Å². The summed E-state index contributed by atoms with van der Waals surface area (Å²) in [7, 11) is -3.48. The zero-order valence-electron chi connectivity index (χ0n) is 12.2. The normalized spacial score (nSPS) is 26.4. The van der Waals surface area contributed by atoms with Crippen LogP contribution in [0.25, 0.3) is 0 Å². The molecule has 2 unspecified atom stereocenters. The molecule has 3 rings (SSSR count). The second kappa shape index (κ2) is 5.95. The Morgan fingerprint density at radius 2 is 2.14 bits per heavy atom. The molecule has 7 heteroatoms. The van der Waals surface area contributed by atoms with E-state index in [1.165, 1.54) is 0 Å². The standard InChI is InChI=1S/C14H22N2O3S2/c1-20-13-5-2-10(6-13)15-21(18,19)14-7-12(9-17)16(8-14)11-3-4-11/h7-8,10-11,13,15,17H,2-6,9H2,1H3. The molecule has 2 aliphatic rings. The lowest BCUT2D eigenvalue weighted by molar-refractivity contribution is 0.270. The number of sulfonamides is 1. The maximum Gasteiger partial charge on any atom is 0.242 e. The first kappa shape index (κ1) is 15.4. The molecule has 2 N–H and O–H groups in total. The summed E-state index contributed by atoms with van der Waals surface area (Å²) in [6.07, 6.45) is 8.74. The third kappa shape index (κ3) is 3.31. The van der Waals surface area contributed by atoms with E-state index < -0.39 is 10.0 Å². The molecule has 2 aliphatic carbocycles. The van der Waals surface area contributed by atoms with E-state index in [0.29, 0.717) is 17.0 Å². The van der Waals surface area contributed by atoms with Crippen LogP contribution in [-0.2, 0) is 16.6 Å². The van der Waals surface area contributed by atoms with Crippen molar-refractivity contribution in [1.29, 1.82) is 0 Å². The Morgan fingerprint density at radius 1 is 1.38 bits per heavy atom. The summed E-state index contributed by atoms with van der Waals surface area (Å²) in [5, 5.41) is 9.94. The molecule has 5 nitrogen and oxygen atoms in total. The first-order valence-electron chi connectivity index (χ1n) is 7.40. The number of thioether (sulfide) groups is 1. The molecule has 0 aliphatic heterocycles. The monoisotopic (exact) mass is 330 g/mol. The van der Waals surface area contributed by atoms with Gasteiger partial charge in [0.05, 0.1) is 11.5 Å². The van der Waals surface area contributed by atoms with E-state index in [-0.39, 0.29) is 17.5 Å². The molecular weight excluding hydrogens is 308 g/mol. The van der Waals surface area contributed by atoms with Gasteiger partial charge in [0.25, 0.3) is 0 Å². The fourth-order valence-corrected chi connectivity index (χ4v) is 5.14. The molecule has 2 saturated carbocycles. The summed E-state index contributed by atoms with van der Waals surface area (Å²) in [5.41, 5.74) is 0.686. The average Bonchev–Trinajstić information content (AvgIpc) is 3.04. The van der Waals surface area contributed by atoms with E-state index in [0.717, 1.165) is 32.1 Å². The van der Waals surface area contributed by atoms with Gasteiger partial charge in [0.15, 0.2) is 0 Å². The summed E-state index contributed by atoms with van der Waals surface area (Å²) in [5.74, 6) is 0. The number of aromatic nitrogens is 1. The van der Waals surface area contributed by atoms with E-state index in [9.17, 15) is 13.5 Å². The van der Waals surface area contributed by atoms with Crippen molar-refractivity contribution in [3.05, 3.63) is 18.0 Å². The Bertz CT molecular complexity index is 608. The van der Waals surface area contributed by atoms with Crippen molar-refractivity contribution < 1.29 is 13.5 Å². The van der Waals surface area contributed by atoms with Gasteiger partial charge in [-0.05, 0) is 44.4 Å². The minimum atomic E-state index is -3.48. The average molecular weight is 330 g/mol. The lowest BCUT2D eigenvalue weighted by Gasteiger charge is -2.12. The van der Waals surface area contributed by atoms with Gasteiger partial charge in [-0.3, -0.25) is 0 Å². The number of aliphatic hydroxyl groups excluding tert-OH is 1. The molecule has 0 spiro atoms. The van der Waals surface area contributed by atoms with Crippen molar-refractivity contribution in [3.8, 4) is 0 Å². The van der Waals surface area contributed by atoms with E-state index in [1.807, 2.05) is 16.3 Å². The highest BCUT2D eigenvalue weighted by atomic mass is 32.2. The lowest BCUT2D eigenvalue weighted by Crippen LogP contribution is -2.33. The van der Waals surface area contributed by atoms with Gasteiger partial charge >= 0.3 is 0 Å². The van der Waals surface area contributed by atoms with Gasteiger partial charge in [0.2, 0.25) is 10.0 Å². The molecule has 118 valence electrons. The van der Waals surface area contributed by atoms with Crippen molar-refractivity contribution in [3.63, 3.8) is 0 Å². The maximum atomic E-state index is 12.5. The number of rotatable bonds is 6. The van der Waals surface area contributed by atoms with Crippen molar-refractivity contribution in [2.24, 2.45) is 0 Å². The predicted octanol–water partition coefficient (Wildman–Crippen LogP) is 1.88. The largest absolute Gasteiger partial charge is 0.390 e. The lowest BCUT2D eigenvalue weighted by atomic mass is 10.3. The second-order valence-electron chi connectivity index (χ2n) is 5.95. The van der Waals surface area contributed by atoms with E-state index >= 15 is 0 Å². The van der Waals surface area contributed by atoms with E-state index in [4.69, 9.17) is 0 Å². The van der Waals surface area contributed by atoms with Gasteiger partial charge in [0, 0.05) is 29.2 Å². The molecule has 0 saturated heterocycles. The number of aliphatic hydroxyl groups is 1. The van der Waals surface area contributed by atoms with Gasteiger partial charge in [-0.15, -0.1) is 0 Å². The summed E-state index contributed by atoms with van der Waals surface area (Å²) >= 11 is 1.81. The highest BCUT2D eigenvalue weighted by Gasteiger charge is 2.31. The minimum absolute atomic E-state index is 0.0364. The SMILES string of the molecule is CSC1CCC(NS(=O)(=O)c2cc(CO)n(C3CC3)c2)C1. The molecule has 1 aromatic heterocycles. The molecule has 21 heavy (non-hydrogen) atoms. The fourth-order valence-electron chi connectivity index (χ4n) is 3.01. The molecule has 0 aromatic carbocycles. The fraction of sp³-hybridized carbons (Fsp3) is 0.714. The summed E-state index contributed by atoms with van der Waals surface area (Å²) in [6, 6.07) is 2.00. The van der Waals surface area contributed by atoms with E-state index in [1.54, 1.807) is 12.3 Å². The molecule has 1 heterocycles. The highest BCUT2D eigenvalue weighted by Crippen LogP contribution is 2.37. The molecule has 1 aromatic rings. The zero-order chi connectivity index (χ0) is 15.0. The Hall–Kier alpha value is -0.500. The van der Waals surface area contributed by atoms with Crippen molar-refractivity contribution >= 4 is 21.8 Å². The van der Waals surface area contributed by atoms with Crippen LogP contribution in [0, 0.1) is 0 Å². The smallest absolute Gasteiger partial charge is 0.242 e. The first-order chi connectivity index (χ1) is 10.0. The third-order valence-corrected chi connectivity index (χ3v) is 6.94. The van der Waals surface area contributed by atoms with E-state index in [2.05, 4.69) is 11.0 Å². The van der Waals surface area contributed by atoms with Gasteiger partial charge in [0.1, 0.15) is 0 Å². The van der Waals surface area contributed by atoms with Gasteiger partial charge in [-0.25, -0.2) is 13.1 Å². The Balaban J connectivity index is 1.75. The van der Waals surface area contributed by atoms with Crippen molar-refractivity contribution in [2.75, 3.05) is 6.26 Å². The quantitative estimate of drug-likeness (QED) is 0.835. The number of hydrogen-bond acceptors (Lipinski definition) is 4. The van der Waals surface area contributed by atoms with Crippen molar-refractivity contribution in [1.82, 2.24) is 9.29 Å². The molecule has 0 amide bonds. The number of hydrogen-bond donors (Lipinski definition) is 2. The predicted molar refractivity (Wildman–Crippen MR) is 83.9 cm³/mol. The Kier molecular flexibility index (Phi) is 4.36.